The lowest BCUT2D eigenvalue weighted by molar-refractivity contribution is -0.192. The van der Waals surface area contributed by atoms with Crippen molar-refractivity contribution in [1.82, 2.24) is 10.3 Å². The van der Waals surface area contributed by atoms with Crippen LogP contribution in [0.25, 0.3) is 0 Å². The summed E-state index contributed by atoms with van der Waals surface area (Å²) >= 11 is 0. The van der Waals surface area contributed by atoms with Crippen molar-refractivity contribution >= 4 is 11.7 Å². The summed E-state index contributed by atoms with van der Waals surface area (Å²) in [6, 6.07) is 3.55. The van der Waals surface area contributed by atoms with Gasteiger partial charge in [-0.15, -0.1) is 0 Å². The van der Waals surface area contributed by atoms with Gasteiger partial charge in [0.15, 0.2) is 0 Å². The molecule has 0 saturated carbocycles. The first-order valence-corrected chi connectivity index (χ1v) is 6.65. The van der Waals surface area contributed by atoms with Crippen LogP contribution in [0.1, 0.15) is 6.42 Å². The Morgan fingerprint density at radius 1 is 1.39 bits per heavy atom. The second-order valence-corrected chi connectivity index (χ2v) is 4.84. The standard InChI is InChI=1S/C11H15F2N3.C2HF3O2/c12-11(13)8-15-4-1-9(11)7-16-10-2-5-14-6-3-10;3-2(4,5)1(6)7/h2-3,5-6,9,15H,1,4,7-8H2,(H,14,16);(H,6,7)/t9-;/m0./s1. The number of anilines is 1. The number of rotatable bonds is 3. The summed E-state index contributed by atoms with van der Waals surface area (Å²) in [7, 11) is 0. The molecule has 130 valence electrons. The van der Waals surface area contributed by atoms with E-state index in [9.17, 15) is 22.0 Å². The number of halogens is 5. The number of pyridine rings is 1. The van der Waals surface area contributed by atoms with E-state index < -0.39 is 24.0 Å². The molecule has 0 amide bonds. The van der Waals surface area contributed by atoms with Crippen LogP contribution in [0, 0.1) is 5.92 Å². The van der Waals surface area contributed by atoms with Gasteiger partial charge in [0.25, 0.3) is 5.92 Å². The highest BCUT2D eigenvalue weighted by Gasteiger charge is 2.41. The number of nitrogens with zero attached hydrogens (tertiary/aromatic N) is 1. The fourth-order valence-electron chi connectivity index (χ4n) is 1.85. The first kappa shape index (κ1) is 19.1. The quantitative estimate of drug-likeness (QED) is 0.736. The Kier molecular flexibility index (Phi) is 6.67. The molecule has 1 aromatic heterocycles. The number of carboxylic acid groups (broad SMARTS) is 1. The van der Waals surface area contributed by atoms with Crippen molar-refractivity contribution in [3.63, 3.8) is 0 Å². The van der Waals surface area contributed by atoms with Crippen LogP contribution in [0.15, 0.2) is 24.5 Å². The molecule has 2 heterocycles. The van der Waals surface area contributed by atoms with Crippen LogP contribution in [0.2, 0.25) is 0 Å². The second kappa shape index (κ2) is 8.04. The van der Waals surface area contributed by atoms with Crippen LogP contribution in [0.3, 0.4) is 0 Å². The smallest absolute Gasteiger partial charge is 0.475 e. The number of hydrogen-bond acceptors (Lipinski definition) is 4. The monoisotopic (exact) mass is 341 g/mol. The number of aliphatic carboxylic acids is 1. The molecular formula is C13H16F5N3O2. The van der Waals surface area contributed by atoms with E-state index in [1.54, 1.807) is 24.5 Å². The second-order valence-electron chi connectivity index (χ2n) is 4.84. The van der Waals surface area contributed by atoms with Gasteiger partial charge in [-0.1, -0.05) is 0 Å². The van der Waals surface area contributed by atoms with Crippen molar-refractivity contribution in [3.8, 4) is 0 Å². The van der Waals surface area contributed by atoms with Gasteiger partial charge >= 0.3 is 12.1 Å². The lowest BCUT2D eigenvalue weighted by Gasteiger charge is -2.32. The van der Waals surface area contributed by atoms with E-state index in [1.807, 2.05) is 0 Å². The molecule has 5 nitrogen and oxygen atoms in total. The zero-order valence-corrected chi connectivity index (χ0v) is 11.9. The minimum atomic E-state index is -5.08. The summed E-state index contributed by atoms with van der Waals surface area (Å²) in [5.74, 6) is -5.97. The van der Waals surface area contributed by atoms with Gasteiger partial charge in [0.05, 0.1) is 6.54 Å². The molecule has 2 rings (SSSR count). The van der Waals surface area contributed by atoms with E-state index >= 15 is 0 Å². The van der Waals surface area contributed by atoms with Gasteiger partial charge in [0.1, 0.15) is 0 Å². The van der Waals surface area contributed by atoms with Gasteiger partial charge in [0, 0.05) is 30.5 Å². The van der Waals surface area contributed by atoms with Crippen molar-refractivity contribution in [3.05, 3.63) is 24.5 Å². The third kappa shape index (κ3) is 6.76. The molecule has 0 aliphatic carbocycles. The molecule has 23 heavy (non-hydrogen) atoms. The molecule has 3 N–H and O–H groups in total. The average Bonchev–Trinajstić information content (AvgIpc) is 2.46. The summed E-state index contributed by atoms with van der Waals surface area (Å²) in [6.07, 6.45) is -1.29. The highest BCUT2D eigenvalue weighted by atomic mass is 19.4. The number of hydrogen-bond donors (Lipinski definition) is 3. The van der Waals surface area contributed by atoms with E-state index in [0.717, 1.165) is 5.69 Å². The number of nitrogens with one attached hydrogen (secondary N) is 2. The zero-order valence-electron chi connectivity index (χ0n) is 11.9. The number of carboxylic acids is 1. The molecule has 1 fully saturated rings. The van der Waals surface area contributed by atoms with Gasteiger partial charge in [-0.05, 0) is 25.1 Å². The average molecular weight is 341 g/mol. The normalized spacial score (nSPS) is 20.1. The van der Waals surface area contributed by atoms with Crippen molar-refractivity contribution in [1.29, 1.82) is 0 Å². The van der Waals surface area contributed by atoms with E-state index in [1.165, 1.54) is 0 Å². The van der Waals surface area contributed by atoms with Crippen molar-refractivity contribution in [2.75, 3.05) is 25.0 Å². The molecule has 1 atom stereocenters. The Hall–Kier alpha value is -1.97. The molecule has 0 bridgehead atoms. The Morgan fingerprint density at radius 3 is 2.43 bits per heavy atom. The number of alkyl halides is 5. The number of aromatic nitrogens is 1. The summed E-state index contributed by atoms with van der Waals surface area (Å²) < 4.78 is 58.6. The summed E-state index contributed by atoms with van der Waals surface area (Å²) in [5.41, 5.74) is 0.837. The first-order chi connectivity index (χ1) is 10.6. The Labute approximate surface area is 128 Å². The largest absolute Gasteiger partial charge is 0.490 e. The minimum absolute atomic E-state index is 0.213. The lowest BCUT2D eigenvalue weighted by atomic mass is 9.94. The molecule has 0 spiro atoms. The summed E-state index contributed by atoms with van der Waals surface area (Å²) in [4.78, 5) is 12.8. The fraction of sp³-hybridized carbons (Fsp3) is 0.538. The summed E-state index contributed by atoms with van der Waals surface area (Å²) in [5, 5.41) is 12.9. The molecule has 10 heteroatoms. The van der Waals surface area contributed by atoms with Gasteiger partial charge in [0.2, 0.25) is 0 Å². The topological polar surface area (TPSA) is 74.2 Å². The summed E-state index contributed by atoms with van der Waals surface area (Å²) in [6.45, 7) is 0.757. The van der Waals surface area contributed by atoms with E-state index in [4.69, 9.17) is 9.90 Å². The highest BCUT2D eigenvalue weighted by Crippen LogP contribution is 2.29. The van der Waals surface area contributed by atoms with Crippen molar-refractivity contribution < 1.29 is 31.9 Å². The van der Waals surface area contributed by atoms with Crippen molar-refractivity contribution in [2.45, 2.75) is 18.5 Å². The predicted molar refractivity (Wildman–Crippen MR) is 72.3 cm³/mol. The van der Waals surface area contributed by atoms with Gasteiger partial charge < -0.3 is 15.7 Å². The third-order valence-electron chi connectivity index (χ3n) is 3.10. The Balaban J connectivity index is 0.000000322. The van der Waals surface area contributed by atoms with Crippen LogP contribution < -0.4 is 10.6 Å². The van der Waals surface area contributed by atoms with Crippen LogP contribution in [-0.4, -0.2) is 47.8 Å². The highest BCUT2D eigenvalue weighted by molar-refractivity contribution is 5.73. The molecule has 1 aliphatic heterocycles. The van der Waals surface area contributed by atoms with Crippen LogP contribution in [-0.2, 0) is 4.79 Å². The maximum atomic E-state index is 13.5. The minimum Gasteiger partial charge on any atom is -0.475 e. The zero-order chi connectivity index (χ0) is 17.5. The maximum absolute atomic E-state index is 13.5. The van der Waals surface area contributed by atoms with Crippen LogP contribution >= 0.6 is 0 Å². The third-order valence-corrected chi connectivity index (χ3v) is 3.10. The lowest BCUT2D eigenvalue weighted by Crippen LogP contribution is -2.48. The van der Waals surface area contributed by atoms with E-state index in [2.05, 4.69) is 15.6 Å². The molecule has 1 saturated heterocycles. The molecule has 1 aliphatic rings. The first-order valence-electron chi connectivity index (χ1n) is 6.65. The molecular weight excluding hydrogens is 325 g/mol. The Bertz CT molecular complexity index is 496. The molecule has 1 aromatic rings. The molecule has 0 unspecified atom stereocenters. The number of piperidine rings is 1. The van der Waals surface area contributed by atoms with Crippen LogP contribution in [0.5, 0.6) is 0 Å². The van der Waals surface area contributed by atoms with Crippen LogP contribution in [0.4, 0.5) is 27.6 Å². The fourth-order valence-corrected chi connectivity index (χ4v) is 1.85. The Morgan fingerprint density at radius 2 is 1.96 bits per heavy atom. The van der Waals surface area contributed by atoms with Gasteiger partial charge in [-0.2, -0.15) is 13.2 Å². The molecule has 0 aromatic carbocycles. The van der Waals surface area contributed by atoms with Gasteiger partial charge in [-0.25, -0.2) is 13.6 Å². The van der Waals surface area contributed by atoms with Crippen molar-refractivity contribution in [2.24, 2.45) is 5.92 Å². The number of carbonyl (C=O) groups is 1. The van der Waals surface area contributed by atoms with E-state index in [-0.39, 0.29) is 6.54 Å². The maximum Gasteiger partial charge on any atom is 0.490 e. The van der Waals surface area contributed by atoms with E-state index in [0.29, 0.717) is 19.5 Å². The molecule has 0 radical (unpaired) electrons. The van der Waals surface area contributed by atoms with Gasteiger partial charge in [-0.3, -0.25) is 4.98 Å². The SMILES string of the molecule is FC1(F)CNCC[C@H]1CNc1ccncc1.O=C(O)C(F)(F)F. The predicted octanol–water partition coefficient (Wildman–Crippen LogP) is 2.37.